The predicted octanol–water partition coefficient (Wildman–Crippen LogP) is 4.67. The van der Waals surface area contributed by atoms with Crippen LogP contribution in [0.4, 0.5) is 0 Å². The maximum absolute atomic E-state index is 10.0. The van der Waals surface area contributed by atoms with Crippen LogP contribution in [0.2, 0.25) is 0 Å². The van der Waals surface area contributed by atoms with E-state index in [1.165, 1.54) is 18.4 Å². The van der Waals surface area contributed by atoms with E-state index in [0.29, 0.717) is 5.75 Å². The van der Waals surface area contributed by atoms with Crippen molar-refractivity contribution in [3.8, 4) is 5.75 Å². The Morgan fingerprint density at radius 3 is 2.35 bits per heavy atom. The van der Waals surface area contributed by atoms with E-state index in [4.69, 9.17) is 0 Å². The van der Waals surface area contributed by atoms with Gasteiger partial charge in [-0.1, -0.05) is 53.2 Å². The van der Waals surface area contributed by atoms with Crippen LogP contribution in [0.5, 0.6) is 5.75 Å². The standard InChI is InChI=1S/C16H26O/c1-12(2)8-6-9-13-10-7-11-14(17)15(13)16(3,4)5/h7,10-12,17H,6,8-9H2,1-5H3. The molecule has 1 rings (SSSR count). The Hall–Kier alpha value is -0.980. The van der Waals surface area contributed by atoms with Gasteiger partial charge in [-0.15, -0.1) is 0 Å². The normalized spacial score (nSPS) is 12.1. The highest BCUT2D eigenvalue weighted by molar-refractivity contribution is 5.43. The minimum atomic E-state index is 0.0124. The largest absolute Gasteiger partial charge is 0.508 e. The predicted molar refractivity (Wildman–Crippen MR) is 74.6 cm³/mol. The minimum absolute atomic E-state index is 0.0124. The number of phenols is 1. The third-order valence-electron chi connectivity index (χ3n) is 3.11. The Bertz CT molecular complexity index is 358. The Morgan fingerprint density at radius 2 is 1.82 bits per heavy atom. The van der Waals surface area contributed by atoms with E-state index in [2.05, 4.69) is 40.7 Å². The molecule has 1 N–H and O–H groups in total. The monoisotopic (exact) mass is 234 g/mol. The highest BCUT2D eigenvalue weighted by atomic mass is 16.3. The molecule has 0 fully saturated rings. The number of hydrogen-bond acceptors (Lipinski definition) is 1. The molecule has 0 aliphatic rings. The Labute approximate surface area is 106 Å². The van der Waals surface area contributed by atoms with E-state index in [1.807, 2.05) is 6.07 Å². The Balaban J connectivity index is 2.88. The summed E-state index contributed by atoms with van der Waals surface area (Å²) < 4.78 is 0. The molecular weight excluding hydrogens is 208 g/mol. The molecule has 0 saturated carbocycles. The molecule has 0 bridgehead atoms. The number of phenolic OH excluding ortho intramolecular Hbond substituents is 1. The van der Waals surface area contributed by atoms with Gasteiger partial charge >= 0.3 is 0 Å². The fraction of sp³-hybridized carbons (Fsp3) is 0.625. The van der Waals surface area contributed by atoms with Crippen LogP contribution >= 0.6 is 0 Å². The topological polar surface area (TPSA) is 20.2 Å². The molecule has 17 heavy (non-hydrogen) atoms. The smallest absolute Gasteiger partial charge is 0.119 e. The van der Waals surface area contributed by atoms with Crippen LogP contribution in [0.15, 0.2) is 18.2 Å². The highest BCUT2D eigenvalue weighted by Gasteiger charge is 2.21. The summed E-state index contributed by atoms with van der Waals surface area (Å²) in [4.78, 5) is 0. The second kappa shape index (κ2) is 5.57. The van der Waals surface area contributed by atoms with E-state index < -0.39 is 0 Å². The van der Waals surface area contributed by atoms with Gasteiger partial charge in [-0.05, 0) is 35.8 Å². The lowest BCUT2D eigenvalue weighted by molar-refractivity contribution is 0.443. The summed E-state index contributed by atoms with van der Waals surface area (Å²) in [5.41, 5.74) is 2.43. The van der Waals surface area contributed by atoms with Gasteiger partial charge in [0.05, 0.1) is 0 Å². The minimum Gasteiger partial charge on any atom is -0.508 e. The molecule has 0 radical (unpaired) electrons. The first-order chi connectivity index (χ1) is 7.82. The third kappa shape index (κ3) is 4.07. The van der Waals surface area contributed by atoms with Crippen LogP contribution in [-0.2, 0) is 11.8 Å². The number of aryl methyl sites for hydroxylation is 1. The van der Waals surface area contributed by atoms with Gasteiger partial charge in [-0.25, -0.2) is 0 Å². The van der Waals surface area contributed by atoms with Crippen LogP contribution in [-0.4, -0.2) is 5.11 Å². The molecule has 1 heteroatoms. The number of aromatic hydroxyl groups is 1. The van der Waals surface area contributed by atoms with E-state index >= 15 is 0 Å². The first-order valence-electron chi connectivity index (χ1n) is 6.63. The average Bonchev–Trinajstić information content (AvgIpc) is 2.14. The summed E-state index contributed by atoms with van der Waals surface area (Å²) in [7, 11) is 0. The van der Waals surface area contributed by atoms with E-state index in [1.54, 1.807) is 6.07 Å². The zero-order valence-corrected chi connectivity index (χ0v) is 11.9. The van der Waals surface area contributed by atoms with Crippen LogP contribution in [0.3, 0.4) is 0 Å². The number of rotatable bonds is 4. The maximum atomic E-state index is 10.0. The summed E-state index contributed by atoms with van der Waals surface area (Å²) in [5, 5.41) is 10.0. The summed E-state index contributed by atoms with van der Waals surface area (Å²) in [6.07, 6.45) is 3.52. The van der Waals surface area contributed by atoms with Crippen molar-refractivity contribution < 1.29 is 5.11 Å². The molecule has 0 unspecified atom stereocenters. The molecule has 0 heterocycles. The molecule has 0 atom stereocenters. The van der Waals surface area contributed by atoms with Crippen molar-refractivity contribution in [2.24, 2.45) is 5.92 Å². The van der Waals surface area contributed by atoms with Gasteiger partial charge in [-0.2, -0.15) is 0 Å². The fourth-order valence-corrected chi connectivity index (χ4v) is 2.36. The van der Waals surface area contributed by atoms with Crippen LogP contribution in [0.25, 0.3) is 0 Å². The molecule has 0 spiro atoms. The summed E-state index contributed by atoms with van der Waals surface area (Å²) >= 11 is 0. The van der Waals surface area contributed by atoms with E-state index in [0.717, 1.165) is 17.9 Å². The van der Waals surface area contributed by atoms with Gasteiger partial charge in [0.2, 0.25) is 0 Å². The zero-order chi connectivity index (χ0) is 13.1. The van der Waals surface area contributed by atoms with E-state index in [9.17, 15) is 5.11 Å². The van der Waals surface area contributed by atoms with Gasteiger partial charge in [0.1, 0.15) is 5.75 Å². The lowest BCUT2D eigenvalue weighted by Crippen LogP contribution is -2.14. The third-order valence-corrected chi connectivity index (χ3v) is 3.11. The first-order valence-corrected chi connectivity index (χ1v) is 6.63. The van der Waals surface area contributed by atoms with Crippen molar-refractivity contribution >= 4 is 0 Å². The van der Waals surface area contributed by atoms with Crippen molar-refractivity contribution in [2.75, 3.05) is 0 Å². The summed E-state index contributed by atoms with van der Waals surface area (Å²) in [5.74, 6) is 1.20. The molecule has 96 valence electrons. The fourth-order valence-electron chi connectivity index (χ4n) is 2.36. The van der Waals surface area contributed by atoms with Crippen molar-refractivity contribution in [3.05, 3.63) is 29.3 Å². The molecule has 0 saturated heterocycles. The molecular formula is C16H26O. The number of benzene rings is 1. The molecule has 1 aromatic rings. The molecule has 0 amide bonds. The maximum Gasteiger partial charge on any atom is 0.119 e. The molecule has 0 aliphatic heterocycles. The molecule has 0 aliphatic carbocycles. The van der Waals surface area contributed by atoms with Gasteiger partial charge in [0.15, 0.2) is 0 Å². The lowest BCUT2D eigenvalue weighted by atomic mass is 9.81. The van der Waals surface area contributed by atoms with Gasteiger partial charge in [-0.3, -0.25) is 0 Å². The van der Waals surface area contributed by atoms with Crippen molar-refractivity contribution in [2.45, 2.75) is 59.3 Å². The first kappa shape index (κ1) is 14.1. The summed E-state index contributed by atoms with van der Waals surface area (Å²) in [6, 6.07) is 5.91. The van der Waals surface area contributed by atoms with Gasteiger partial charge < -0.3 is 5.11 Å². The van der Waals surface area contributed by atoms with Crippen molar-refractivity contribution in [1.82, 2.24) is 0 Å². The summed E-state index contributed by atoms with van der Waals surface area (Å²) in [6.45, 7) is 11.0. The highest BCUT2D eigenvalue weighted by Crippen LogP contribution is 2.34. The quantitative estimate of drug-likeness (QED) is 0.802. The Kier molecular flexibility index (Phi) is 4.62. The second-order valence-corrected chi connectivity index (χ2v) is 6.35. The molecule has 0 aromatic heterocycles. The SMILES string of the molecule is CC(C)CCCc1cccc(O)c1C(C)(C)C. The lowest BCUT2D eigenvalue weighted by Gasteiger charge is -2.24. The number of hydrogen-bond donors (Lipinski definition) is 1. The van der Waals surface area contributed by atoms with Gasteiger partial charge in [0, 0.05) is 5.56 Å². The van der Waals surface area contributed by atoms with Crippen LogP contribution < -0.4 is 0 Å². The van der Waals surface area contributed by atoms with Crippen LogP contribution in [0, 0.1) is 5.92 Å². The van der Waals surface area contributed by atoms with Crippen molar-refractivity contribution in [1.29, 1.82) is 0 Å². The van der Waals surface area contributed by atoms with E-state index in [-0.39, 0.29) is 5.41 Å². The Morgan fingerprint density at radius 1 is 1.18 bits per heavy atom. The van der Waals surface area contributed by atoms with Gasteiger partial charge in [0.25, 0.3) is 0 Å². The van der Waals surface area contributed by atoms with Crippen LogP contribution in [0.1, 0.15) is 58.6 Å². The molecule has 1 nitrogen and oxygen atoms in total. The molecule has 1 aromatic carbocycles. The zero-order valence-electron chi connectivity index (χ0n) is 11.9. The van der Waals surface area contributed by atoms with Crippen molar-refractivity contribution in [3.63, 3.8) is 0 Å². The second-order valence-electron chi connectivity index (χ2n) is 6.35. The average molecular weight is 234 g/mol.